The van der Waals surface area contributed by atoms with E-state index >= 15 is 0 Å². The molecular weight excluding hydrogens is 318 g/mol. The molecule has 124 valence electrons. The molecule has 0 fully saturated rings. The van der Waals surface area contributed by atoms with E-state index in [1.165, 1.54) is 17.0 Å². The van der Waals surface area contributed by atoms with Gasteiger partial charge in [0.25, 0.3) is 0 Å². The van der Waals surface area contributed by atoms with Crippen LogP contribution < -0.4 is 10.6 Å². The van der Waals surface area contributed by atoms with Crippen LogP contribution in [0.5, 0.6) is 0 Å². The highest BCUT2D eigenvalue weighted by Gasteiger charge is 2.13. The first-order valence-electron chi connectivity index (χ1n) is 7.25. The fourth-order valence-electron chi connectivity index (χ4n) is 2.10. The average Bonchev–Trinajstić information content (AvgIpc) is 2.81. The number of aromatic nitrogens is 1. The summed E-state index contributed by atoms with van der Waals surface area (Å²) in [6.45, 7) is 6.34. The number of thiazole rings is 1. The van der Waals surface area contributed by atoms with Crippen molar-refractivity contribution in [2.75, 3.05) is 7.05 Å². The molecule has 7 heteroatoms. The molecular formula is C16H20F2N4S. The van der Waals surface area contributed by atoms with Crippen molar-refractivity contribution in [2.24, 2.45) is 4.99 Å². The summed E-state index contributed by atoms with van der Waals surface area (Å²) < 4.78 is 26.8. The van der Waals surface area contributed by atoms with Gasteiger partial charge >= 0.3 is 0 Å². The highest BCUT2D eigenvalue weighted by molar-refractivity contribution is 7.11. The maximum atomic E-state index is 13.8. The van der Waals surface area contributed by atoms with Gasteiger partial charge in [-0.2, -0.15) is 0 Å². The highest BCUT2D eigenvalue weighted by atomic mass is 32.1. The summed E-state index contributed by atoms with van der Waals surface area (Å²) in [5.41, 5.74) is 1.41. The van der Waals surface area contributed by atoms with Crippen LogP contribution in [0.2, 0.25) is 0 Å². The molecule has 1 aromatic heterocycles. The Kier molecular flexibility index (Phi) is 5.65. The van der Waals surface area contributed by atoms with Crippen LogP contribution in [0.1, 0.15) is 34.1 Å². The summed E-state index contributed by atoms with van der Waals surface area (Å²) in [4.78, 5) is 9.76. The molecule has 1 heterocycles. The number of hydrogen-bond donors (Lipinski definition) is 2. The summed E-state index contributed by atoms with van der Waals surface area (Å²) >= 11 is 1.63. The first-order chi connectivity index (χ1) is 10.9. The van der Waals surface area contributed by atoms with E-state index in [9.17, 15) is 8.78 Å². The van der Waals surface area contributed by atoms with Gasteiger partial charge in [-0.1, -0.05) is 6.07 Å². The van der Waals surface area contributed by atoms with Gasteiger partial charge in [0.05, 0.1) is 18.3 Å². The number of guanidine groups is 1. The lowest BCUT2D eigenvalue weighted by molar-refractivity contribution is 0.550. The third-order valence-electron chi connectivity index (χ3n) is 3.49. The molecule has 2 aromatic rings. The minimum absolute atomic E-state index is 0.346. The molecule has 0 saturated carbocycles. The van der Waals surface area contributed by atoms with Gasteiger partial charge < -0.3 is 10.6 Å². The van der Waals surface area contributed by atoms with Gasteiger partial charge in [0, 0.05) is 23.6 Å². The Morgan fingerprint density at radius 2 is 2.09 bits per heavy atom. The number of halogens is 2. The molecule has 0 saturated heterocycles. The number of nitrogens with zero attached hydrogens (tertiary/aromatic N) is 2. The average molecular weight is 338 g/mol. The standard InChI is InChI=1S/C16H20F2N4S/c1-9-11(3)23-15(21-9)8-20-16(19-4)22-10(2)13-6-5-12(17)7-14(13)18/h5-7,10H,8H2,1-4H3,(H2,19,20,22). The van der Waals surface area contributed by atoms with Crippen LogP contribution in [0.15, 0.2) is 23.2 Å². The van der Waals surface area contributed by atoms with E-state index in [1.807, 2.05) is 13.8 Å². The number of nitrogens with one attached hydrogen (secondary N) is 2. The normalized spacial score (nSPS) is 13.0. The SMILES string of the molecule is CN=C(NCc1nc(C)c(C)s1)NC(C)c1ccc(F)cc1F. The zero-order valence-corrected chi connectivity index (χ0v) is 14.4. The Morgan fingerprint density at radius 3 is 2.65 bits per heavy atom. The van der Waals surface area contributed by atoms with Gasteiger partial charge in [-0.05, 0) is 26.8 Å². The fourth-order valence-corrected chi connectivity index (χ4v) is 2.98. The lowest BCUT2D eigenvalue weighted by atomic mass is 10.1. The molecule has 2 N–H and O–H groups in total. The molecule has 0 radical (unpaired) electrons. The molecule has 0 spiro atoms. The third kappa shape index (κ3) is 4.48. The Morgan fingerprint density at radius 1 is 1.35 bits per heavy atom. The number of benzene rings is 1. The first kappa shape index (κ1) is 17.3. The molecule has 2 rings (SSSR count). The van der Waals surface area contributed by atoms with Gasteiger partial charge in [-0.15, -0.1) is 11.3 Å². The van der Waals surface area contributed by atoms with Crippen LogP contribution in [-0.4, -0.2) is 18.0 Å². The van der Waals surface area contributed by atoms with Gasteiger partial charge in [-0.25, -0.2) is 13.8 Å². The van der Waals surface area contributed by atoms with Crippen molar-refractivity contribution < 1.29 is 8.78 Å². The van der Waals surface area contributed by atoms with Crippen LogP contribution in [0.4, 0.5) is 8.78 Å². The zero-order chi connectivity index (χ0) is 17.0. The van der Waals surface area contributed by atoms with E-state index in [-0.39, 0.29) is 6.04 Å². The van der Waals surface area contributed by atoms with Crippen LogP contribution in [0, 0.1) is 25.5 Å². The van der Waals surface area contributed by atoms with Crippen LogP contribution in [0.25, 0.3) is 0 Å². The topological polar surface area (TPSA) is 49.3 Å². The molecule has 0 aliphatic heterocycles. The summed E-state index contributed by atoms with van der Waals surface area (Å²) in [7, 11) is 1.64. The fraction of sp³-hybridized carbons (Fsp3) is 0.375. The van der Waals surface area contributed by atoms with E-state index in [0.29, 0.717) is 18.1 Å². The summed E-state index contributed by atoms with van der Waals surface area (Å²) in [6.07, 6.45) is 0. The van der Waals surface area contributed by atoms with Gasteiger partial charge in [0.2, 0.25) is 0 Å². The molecule has 0 amide bonds. The molecule has 0 aliphatic rings. The Bertz CT molecular complexity index is 693. The predicted molar refractivity (Wildman–Crippen MR) is 89.7 cm³/mol. The number of aryl methyl sites for hydroxylation is 2. The van der Waals surface area contributed by atoms with Gasteiger partial charge in [-0.3, -0.25) is 4.99 Å². The van der Waals surface area contributed by atoms with E-state index in [0.717, 1.165) is 16.8 Å². The second-order valence-electron chi connectivity index (χ2n) is 5.21. The monoisotopic (exact) mass is 338 g/mol. The number of hydrogen-bond acceptors (Lipinski definition) is 3. The summed E-state index contributed by atoms with van der Waals surface area (Å²) in [6, 6.07) is 3.21. The van der Waals surface area contributed by atoms with E-state index < -0.39 is 11.6 Å². The van der Waals surface area contributed by atoms with Crippen molar-refractivity contribution >= 4 is 17.3 Å². The van der Waals surface area contributed by atoms with Crippen LogP contribution in [-0.2, 0) is 6.54 Å². The molecule has 1 unspecified atom stereocenters. The first-order valence-corrected chi connectivity index (χ1v) is 8.07. The smallest absolute Gasteiger partial charge is 0.191 e. The van der Waals surface area contributed by atoms with Crippen molar-refractivity contribution in [1.29, 1.82) is 0 Å². The minimum Gasteiger partial charge on any atom is -0.350 e. The van der Waals surface area contributed by atoms with Crippen molar-refractivity contribution in [3.05, 3.63) is 51.0 Å². The lowest BCUT2D eigenvalue weighted by Crippen LogP contribution is -2.38. The molecule has 1 atom stereocenters. The molecule has 23 heavy (non-hydrogen) atoms. The number of aliphatic imine (C=N–C) groups is 1. The number of rotatable bonds is 4. The Labute approximate surface area is 138 Å². The quantitative estimate of drug-likeness (QED) is 0.663. The molecule has 1 aromatic carbocycles. The largest absolute Gasteiger partial charge is 0.350 e. The Hall–Kier alpha value is -2.02. The second-order valence-corrected chi connectivity index (χ2v) is 6.49. The highest BCUT2D eigenvalue weighted by Crippen LogP contribution is 2.18. The summed E-state index contributed by atoms with van der Waals surface area (Å²) in [5, 5.41) is 7.20. The zero-order valence-electron chi connectivity index (χ0n) is 13.6. The molecule has 0 aliphatic carbocycles. The second kappa shape index (κ2) is 7.50. The lowest BCUT2D eigenvalue weighted by Gasteiger charge is -2.18. The molecule has 0 bridgehead atoms. The third-order valence-corrected chi connectivity index (χ3v) is 4.56. The van der Waals surface area contributed by atoms with Crippen LogP contribution >= 0.6 is 11.3 Å². The minimum atomic E-state index is -0.588. The maximum Gasteiger partial charge on any atom is 0.191 e. The van der Waals surface area contributed by atoms with Crippen molar-refractivity contribution in [3.63, 3.8) is 0 Å². The van der Waals surface area contributed by atoms with Gasteiger partial charge in [0.1, 0.15) is 16.6 Å². The van der Waals surface area contributed by atoms with E-state index in [4.69, 9.17) is 0 Å². The van der Waals surface area contributed by atoms with Crippen LogP contribution in [0.3, 0.4) is 0 Å². The van der Waals surface area contributed by atoms with Crippen molar-refractivity contribution in [2.45, 2.75) is 33.4 Å². The van der Waals surface area contributed by atoms with Crippen molar-refractivity contribution in [1.82, 2.24) is 15.6 Å². The predicted octanol–water partition coefficient (Wildman–Crippen LogP) is 3.46. The Balaban J connectivity index is 1.98. The van der Waals surface area contributed by atoms with E-state index in [1.54, 1.807) is 25.3 Å². The van der Waals surface area contributed by atoms with Crippen molar-refractivity contribution in [3.8, 4) is 0 Å². The maximum absolute atomic E-state index is 13.8. The van der Waals surface area contributed by atoms with Gasteiger partial charge in [0.15, 0.2) is 5.96 Å². The summed E-state index contributed by atoms with van der Waals surface area (Å²) in [5.74, 6) is -0.631. The van der Waals surface area contributed by atoms with E-state index in [2.05, 4.69) is 20.6 Å². The molecule has 4 nitrogen and oxygen atoms in total.